The number of nitrogens with zero attached hydrogens (tertiary/aromatic N) is 3. The van der Waals surface area contributed by atoms with E-state index in [9.17, 15) is 0 Å². The highest BCUT2D eigenvalue weighted by molar-refractivity contribution is 7.98. The van der Waals surface area contributed by atoms with Crippen molar-refractivity contribution in [3.8, 4) is 0 Å². The summed E-state index contributed by atoms with van der Waals surface area (Å²) in [7, 11) is 1.93. The summed E-state index contributed by atoms with van der Waals surface area (Å²) in [5, 5.41) is 5.40. The average Bonchev–Trinajstić information content (AvgIpc) is 2.89. The molecule has 2 N–H and O–H groups in total. The summed E-state index contributed by atoms with van der Waals surface area (Å²) in [6.45, 7) is 1.98. The molecule has 6 heteroatoms. The van der Waals surface area contributed by atoms with E-state index in [0.717, 1.165) is 21.8 Å². The van der Waals surface area contributed by atoms with E-state index in [2.05, 4.69) is 10.1 Å². The maximum atomic E-state index is 5.72. The predicted octanol–water partition coefficient (Wildman–Crippen LogP) is 2.74. The minimum atomic E-state index is 0.674. The molecule has 0 spiro atoms. The Kier molecular flexibility index (Phi) is 2.94. The van der Waals surface area contributed by atoms with Crippen LogP contribution in [0, 0.1) is 6.92 Å². The molecular formula is C13H14N4OS. The Bertz CT molecular complexity index is 731. The smallest absolute Gasteiger partial charge is 0.205 e. The number of hydrogen-bond acceptors (Lipinski definition) is 5. The molecular weight excluding hydrogens is 260 g/mol. The van der Waals surface area contributed by atoms with Crippen LogP contribution in [0.15, 0.2) is 33.7 Å². The predicted molar refractivity (Wildman–Crippen MR) is 75.9 cm³/mol. The fourth-order valence-corrected chi connectivity index (χ4v) is 2.78. The van der Waals surface area contributed by atoms with Crippen LogP contribution in [0.1, 0.15) is 11.6 Å². The Morgan fingerprint density at radius 1 is 1.37 bits per heavy atom. The topological polar surface area (TPSA) is 69.9 Å². The molecule has 0 fully saturated rings. The third kappa shape index (κ3) is 2.44. The third-order valence-corrected chi connectivity index (χ3v) is 3.83. The minimum absolute atomic E-state index is 0.674. The molecule has 0 aliphatic heterocycles. The van der Waals surface area contributed by atoms with E-state index in [-0.39, 0.29) is 0 Å². The standard InChI is InChI=1S/C13H14N4OS/c1-8-5-13(17(2)16-8)19-7-12-15-10-4-3-9(14)6-11(10)18-12/h3-6H,7,14H2,1-2H3. The molecule has 0 unspecified atom stereocenters. The van der Waals surface area contributed by atoms with Gasteiger partial charge < -0.3 is 10.2 Å². The molecule has 1 aromatic carbocycles. The SMILES string of the molecule is Cc1cc(SCc2nc3ccc(N)cc3o2)n(C)n1. The van der Waals surface area contributed by atoms with Gasteiger partial charge in [0, 0.05) is 18.8 Å². The molecule has 0 aliphatic rings. The molecule has 0 saturated carbocycles. The van der Waals surface area contributed by atoms with Crippen molar-refractivity contribution in [2.45, 2.75) is 17.7 Å². The Hall–Kier alpha value is -1.95. The number of hydrogen-bond donors (Lipinski definition) is 1. The lowest BCUT2D eigenvalue weighted by molar-refractivity contribution is 0.556. The number of aromatic nitrogens is 3. The van der Waals surface area contributed by atoms with Crippen LogP contribution in [0.2, 0.25) is 0 Å². The molecule has 0 saturated heterocycles. The van der Waals surface area contributed by atoms with Crippen molar-refractivity contribution in [1.29, 1.82) is 0 Å². The minimum Gasteiger partial charge on any atom is -0.440 e. The fraction of sp³-hybridized carbons (Fsp3) is 0.231. The van der Waals surface area contributed by atoms with Crippen molar-refractivity contribution < 1.29 is 4.42 Å². The van der Waals surface area contributed by atoms with Gasteiger partial charge in [0.2, 0.25) is 5.89 Å². The average molecular weight is 274 g/mol. The Balaban J connectivity index is 1.80. The van der Waals surface area contributed by atoms with Gasteiger partial charge in [0.1, 0.15) is 5.52 Å². The molecule has 2 aromatic heterocycles. The number of nitrogens with two attached hydrogens (primary N) is 1. The molecule has 2 heterocycles. The van der Waals surface area contributed by atoms with Crippen LogP contribution in [0.3, 0.4) is 0 Å². The van der Waals surface area contributed by atoms with E-state index in [1.807, 2.05) is 36.9 Å². The normalized spacial score (nSPS) is 11.3. The van der Waals surface area contributed by atoms with Gasteiger partial charge in [-0.15, -0.1) is 0 Å². The number of fused-ring (bicyclic) bond motifs is 1. The number of oxazole rings is 1. The monoisotopic (exact) mass is 274 g/mol. The van der Waals surface area contributed by atoms with Gasteiger partial charge in [-0.05, 0) is 25.1 Å². The van der Waals surface area contributed by atoms with Crippen molar-refractivity contribution in [1.82, 2.24) is 14.8 Å². The number of nitrogen functional groups attached to an aromatic ring is 1. The maximum Gasteiger partial charge on any atom is 0.205 e. The first kappa shape index (κ1) is 12.1. The van der Waals surface area contributed by atoms with Crippen LogP contribution in [-0.2, 0) is 12.8 Å². The molecule has 3 aromatic rings. The lowest BCUT2D eigenvalue weighted by Crippen LogP contribution is -1.92. The Morgan fingerprint density at radius 3 is 2.95 bits per heavy atom. The molecule has 5 nitrogen and oxygen atoms in total. The molecule has 0 amide bonds. The number of rotatable bonds is 3. The van der Waals surface area contributed by atoms with Crippen LogP contribution in [-0.4, -0.2) is 14.8 Å². The second kappa shape index (κ2) is 4.62. The molecule has 0 aliphatic carbocycles. The van der Waals surface area contributed by atoms with Crippen LogP contribution in [0.5, 0.6) is 0 Å². The number of benzene rings is 1. The van der Waals surface area contributed by atoms with Gasteiger partial charge in [-0.25, -0.2) is 4.98 Å². The first-order chi connectivity index (χ1) is 9.11. The molecule has 0 radical (unpaired) electrons. The molecule has 0 atom stereocenters. The van der Waals surface area contributed by atoms with E-state index in [0.29, 0.717) is 17.3 Å². The van der Waals surface area contributed by atoms with Gasteiger partial charge in [-0.3, -0.25) is 4.68 Å². The zero-order valence-corrected chi connectivity index (χ0v) is 11.6. The fourth-order valence-electron chi connectivity index (χ4n) is 1.91. The van der Waals surface area contributed by atoms with E-state index < -0.39 is 0 Å². The van der Waals surface area contributed by atoms with Gasteiger partial charge >= 0.3 is 0 Å². The molecule has 98 valence electrons. The quantitative estimate of drug-likeness (QED) is 0.587. The van der Waals surface area contributed by atoms with Crippen molar-refractivity contribution >= 4 is 28.5 Å². The van der Waals surface area contributed by atoms with Crippen molar-refractivity contribution in [2.24, 2.45) is 7.05 Å². The van der Waals surface area contributed by atoms with Crippen molar-refractivity contribution in [3.05, 3.63) is 35.9 Å². The van der Waals surface area contributed by atoms with Gasteiger partial charge in [0.05, 0.1) is 16.5 Å². The summed E-state index contributed by atoms with van der Waals surface area (Å²) in [5.74, 6) is 1.37. The van der Waals surface area contributed by atoms with E-state index >= 15 is 0 Å². The zero-order chi connectivity index (χ0) is 13.4. The summed E-state index contributed by atoms with van der Waals surface area (Å²) in [6.07, 6.45) is 0. The second-order valence-electron chi connectivity index (χ2n) is 4.37. The van der Waals surface area contributed by atoms with Crippen LogP contribution >= 0.6 is 11.8 Å². The van der Waals surface area contributed by atoms with E-state index in [1.54, 1.807) is 17.8 Å². The van der Waals surface area contributed by atoms with Crippen molar-refractivity contribution in [3.63, 3.8) is 0 Å². The van der Waals surface area contributed by atoms with Crippen molar-refractivity contribution in [2.75, 3.05) is 5.73 Å². The lowest BCUT2D eigenvalue weighted by Gasteiger charge is -1.97. The highest BCUT2D eigenvalue weighted by atomic mass is 32.2. The summed E-state index contributed by atoms with van der Waals surface area (Å²) >= 11 is 1.65. The Morgan fingerprint density at radius 2 is 2.21 bits per heavy atom. The van der Waals surface area contributed by atoms with Crippen LogP contribution in [0.4, 0.5) is 5.69 Å². The highest BCUT2D eigenvalue weighted by Crippen LogP contribution is 2.25. The highest BCUT2D eigenvalue weighted by Gasteiger charge is 2.08. The maximum absolute atomic E-state index is 5.72. The molecule has 19 heavy (non-hydrogen) atoms. The molecule has 0 bridgehead atoms. The van der Waals surface area contributed by atoms with Gasteiger partial charge in [-0.2, -0.15) is 5.10 Å². The zero-order valence-electron chi connectivity index (χ0n) is 10.8. The second-order valence-corrected chi connectivity index (χ2v) is 5.37. The van der Waals surface area contributed by atoms with Gasteiger partial charge in [0.15, 0.2) is 5.58 Å². The first-order valence-corrected chi connectivity index (χ1v) is 6.89. The summed E-state index contributed by atoms with van der Waals surface area (Å²) in [4.78, 5) is 4.43. The molecule has 3 rings (SSSR count). The summed E-state index contributed by atoms with van der Waals surface area (Å²) in [6, 6.07) is 7.54. The Labute approximate surface area is 114 Å². The number of anilines is 1. The van der Waals surface area contributed by atoms with E-state index in [1.165, 1.54) is 0 Å². The summed E-state index contributed by atoms with van der Waals surface area (Å²) < 4.78 is 7.54. The largest absolute Gasteiger partial charge is 0.440 e. The third-order valence-electron chi connectivity index (χ3n) is 2.76. The van der Waals surface area contributed by atoms with Crippen LogP contribution < -0.4 is 5.73 Å². The van der Waals surface area contributed by atoms with Crippen LogP contribution in [0.25, 0.3) is 11.1 Å². The first-order valence-electron chi connectivity index (χ1n) is 5.90. The van der Waals surface area contributed by atoms with Gasteiger partial charge in [0.25, 0.3) is 0 Å². The van der Waals surface area contributed by atoms with Gasteiger partial charge in [-0.1, -0.05) is 11.8 Å². The lowest BCUT2D eigenvalue weighted by atomic mass is 10.3. The number of thioether (sulfide) groups is 1. The van der Waals surface area contributed by atoms with E-state index in [4.69, 9.17) is 10.2 Å². The summed E-state index contributed by atoms with van der Waals surface area (Å²) in [5.41, 5.74) is 8.98. The number of aryl methyl sites for hydroxylation is 2.